The number of thioether (sulfide) groups is 1. The van der Waals surface area contributed by atoms with Gasteiger partial charge < -0.3 is 9.47 Å². The van der Waals surface area contributed by atoms with Crippen molar-refractivity contribution in [1.82, 2.24) is 4.68 Å². The van der Waals surface area contributed by atoms with Gasteiger partial charge in [0.05, 0.1) is 18.6 Å². The zero-order chi connectivity index (χ0) is 19.6. The number of methoxy groups -OCH3 is 1. The highest BCUT2D eigenvalue weighted by molar-refractivity contribution is 8.27. The minimum atomic E-state index is -0.127. The van der Waals surface area contributed by atoms with Crippen molar-refractivity contribution in [3.05, 3.63) is 52.2 Å². The summed E-state index contributed by atoms with van der Waals surface area (Å²) in [5.41, 5.74) is 2.78. The fourth-order valence-corrected chi connectivity index (χ4v) is 4.11. The van der Waals surface area contributed by atoms with E-state index in [0.717, 1.165) is 23.4 Å². The Bertz CT molecular complexity index is 898. The van der Waals surface area contributed by atoms with Crippen molar-refractivity contribution in [2.75, 3.05) is 18.7 Å². The van der Waals surface area contributed by atoms with E-state index in [9.17, 15) is 4.79 Å². The Hall–Kier alpha value is -2.25. The Morgan fingerprint density at radius 1 is 1.15 bits per heavy atom. The Morgan fingerprint density at radius 2 is 1.85 bits per heavy atom. The van der Waals surface area contributed by atoms with Gasteiger partial charge in [0.2, 0.25) is 0 Å². The van der Waals surface area contributed by atoms with Crippen molar-refractivity contribution < 1.29 is 14.3 Å². The van der Waals surface area contributed by atoms with E-state index in [1.807, 2.05) is 54.9 Å². The topological polar surface area (TPSA) is 43.7 Å². The lowest BCUT2D eigenvalue weighted by Gasteiger charge is -2.20. The normalized spacial score (nSPS) is 15.7. The summed E-state index contributed by atoms with van der Waals surface area (Å²) in [7, 11) is 1.61. The standard InChI is InChI=1S/C20H22N2O3S2/c1-5-10-25-16-9-8-15(11-17(16)24-4)12-18-19(23)22(20(26)27-18)21-13(2)6-7-14(21)3/h6-9,11-12H,5,10H2,1-4H3/b18-12-. The molecule has 3 rings (SSSR count). The maximum atomic E-state index is 13.0. The predicted molar refractivity (Wildman–Crippen MR) is 114 cm³/mol. The average molecular weight is 403 g/mol. The maximum Gasteiger partial charge on any atom is 0.285 e. The Kier molecular flexibility index (Phi) is 5.92. The summed E-state index contributed by atoms with van der Waals surface area (Å²) in [6, 6.07) is 9.58. The van der Waals surface area contributed by atoms with Gasteiger partial charge in [-0.3, -0.25) is 9.47 Å². The molecular weight excluding hydrogens is 380 g/mol. The molecule has 0 aliphatic carbocycles. The molecule has 142 valence electrons. The molecule has 2 aromatic rings. The number of benzene rings is 1. The van der Waals surface area contributed by atoms with Gasteiger partial charge in [0, 0.05) is 11.4 Å². The fourth-order valence-electron chi connectivity index (χ4n) is 2.86. The third kappa shape index (κ3) is 3.89. The quantitative estimate of drug-likeness (QED) is 0.528. The molecule has 1 saturated heterocycles. The van der Waals surface area contributed by atoms with Crippen LogP contribution < -0.4 is 14.5 Å². The largest absolute Gasteiger partial charge is 0.493 e. The molecule has 1 aliphatic heterocycles. The summed E-state index contributed by atoms with van der Waals surface area (Å²) in [6.45, 7) is 6.59. The SMILES string of the molecule is CCCOc1ccc(/C=C2\SC(=S)N(n3c(C)ccc3C)C2=O)cc1OC. The van der Waals surface area contributed by atoms with E-state index in [-0.39, 0.29) is 5.91 Å². The van der Waals surface area contributed by atoms with Gasteiger partial charge >= 0.3 is 0 Å². The van der Waals surface area contributed by atoms with E-state index in [4.69, 9.17) is 21.7 Å². The van der Waals surface area contributed by atoms with E-state index < -0.39 is 0 Å². The van der Waals surface area contributed by atoms with Gasteiger partial charge in [-0.25, -0.2) is 0 Å². The van der Waals surface area contributed by atoms with Crippen LogP contribution in [0.15, 0.2) is 35.2 Å². The lowest BCUT2D eigenvalue weighted by atomic mass is 10.2. The van der Waals surface area contributed by atoms with E-state index in [2.05, 4.69) is 6.92 Å². The molecule has 1 aromatic heterocycles. The second kappa shape index (κ2) is 8.19. The second-order valence-corrected chi connectivity index (χ2v) is 7.86. The molecule has 0 atom stereocenters. The second-order valence-electron chi connectivity index (χ2n) is 6.18. The average Bonchev–Trinajstić information content (AvgIpc) is 3.11. The number of amides is 1. The van der Waals surface area contributed by atoms with Gasteiger partial charge in [-0.15, -0.1) is 0 Å². The summed E-state index contributed by atoms with van der Waals surface area (Å²) >= 11 is 6.76. The van der Waals surface area contributed by atoms with Crippen LogP contribution in [0.25, 0.3) is 6.08 Å². The molecule has 7 heteroatoms. The zero-order valence-electron chi connectivity index (χ0n) is 15.8. The summed E-state index contributed by atoms with van der Waals surface area (Å²) < 4.78 is 13.5. The highest BCUT2D eigenvalue weighted by Crippen LogP contribution is 2.34. The predicted octanol–water partition coefficient (Wildman–Crippen LogP) is 4.44. The molecule has 0 bridgehead atoms. The molecule has 2 heterocycles. The van der Waals surface area contributed by atoms with Crippen molar-refractivity contribution in [2.45, 2.75) is 27.2 Å². The highest BCUT2D eigenvalue weighted by Gasteiger charge is 2.34. The van der Waals surface area contributed by atoms with Crippen LogP contribution in [0.1, 0.15) is 30.3 Å². The number of thiocarbonyl (C=S) groups is 1. The first-order valence-corrected chi connectivity index (χ1v) is 9.92. The first kappa shape index (κ1) is 19.5. The summed E-state index contributed by atoms with van der Waals surface area (Å²) in [5.74, 6) is 1.21. The van der Waals surface area contributed by atoms with Crippen LogP contribution in [0.4, 0.5) is 0 Å². The lowest BCUT2D eigenvalue weighted by molar-refractivity contribution is -0.114. The molecular formula is C20H22N2O3S2. The van der Waals surface area contributed by atoms with E-state index >= 15 is 0 Å². The minimum absolute atomic E-state index is 0.127. The molecule has 0 unspecified atom stereocenters. The number of ether oxygens (including phenoxy) is 2. The number of aromatic nitrogens is 1. The van der Waals surface area contributed by atoms with Crippen molar-refractivity contribution in [1.29, 1.82) is 0 Å². The molecule has 0 N–H and O–H groups in total. The smallest absolute Gasteiger partial charge is 0.285 e. The van der Waals surface area contributed by atoms with E-state index in [1.54, 1.807) is 12.1 Å². The van der Waals surface area contributed by atoms with Gasteiger partial charge in [0.15, 0.2) is 15.8 Å². The minimum Gasteiger partial charge on any atom is -0.493 e. The first-order valence-electron chi connectivity index (χ1n) is 8.70. The van der Waals surface area contributed by atoms with Gasteiger partial charge in [-0.2, -0.15) is 5.01 Å². The highest BCUT2D eigenvalue weighted by atomic mass is 32.2. The van der Waals surface area contributed by atoms with Crippen molar-refractivity contribution in [3.63, 3.8) is 0 Å². The van der Waals surface area contributed by atoms with Gasteiger partial charge in [-0.1, -0.05) is 24.8 Å². The Balaban J connectivity index is 1.90. The van der Waals surface area contributed by atoms with Crippen LogP contribution in [0.5, 0.6) is 11.5 Å². The molecule has 27 heavy (non-hydrogen) atoms. The molecule has 1 amide bonds. The van der Waals surface area contributed by atoms with Crippen LogP contribution in [0.3, 0.4) is 0 Å². The van der Waals surface area contributed by atoms with Crippen molar-refractivity contribution >= 4 is 40.3 Å². The number of aryl methyl sites for hydroxylation is 2. The molecule has 1 aliphatic rings. The Labute approximate surface area is 168 Å². The molecule has 1 aromatic carbocycles. The van der Waals surface area contributed by atoms with Gasteiger partial charge in [0.25, 0.3) is 5.91 Å². The zero-order valence-corrected chi connectivity index (χ0v) is 17.4. The summed E-state index contributed by atoms with van der Waals surface area (Å²) in [4.78, 5) is 13.5. The van der Waals surface area contributed by atoms with Crippen LogP contribution in [-0.2, 0) is 4.79 Å². The summed E-state index contributed by atoms with van der Waals surface area (Å²) in [5, 5.41) is 1.55. The van der Waals surface area contributed by atoms with Crippen LogP contribution in [0, 0.1) is 13.8 Å². The van der Waals surface area contributed by atoms with Crippen molar-refractivity contribution in [3.8, 4) is 11.5 Å². The van der Waals surface area contributed by atoms with Crippen molar-refractivity contribution in [2.24, 2.45) is 0 Å². The van der Waals surface area contributed by atoms with Crippen LogP contribution in [0.2, 0.25) is 0 Å². The molecule has 5 nitrogen and oxygen atoms in total. The molecule has 0 spiro atoms. The lowest BCUT2D eigenvalue weighted by Crippen LogP contribution is -2.39. The fraction of sp³-hybridized carbons (Fsp3) is 0.300. The van der Waals surface area contributed by atoms with Gasteiger partial charge in [-0.05, 0) is 68.4 Å². The van der Waals surface area contributed by atoms with E-state index in [0.29, 0.717) is 27.3 Å². The maximum absolute atomic E-state index is 13.0. The number of carbonyl (C=O) groups excluding carboxylic acids is 1. The molecule has 0 radical (unpaired) electrons. The van der Waals surface area contributed by atoms with Crippen LogP contribution >= 0.6 is 24.0 Å². The number of rotatable bonds is 6. The first-order chi connectivity index (χ1) is 13.0. The Morgan fingerprint density at radius 3 is 2.48 bits per heavy atom. The third-order valence-electron chi connectivity index (χ3n) is 4.15. The number of carbonyl (C=O) groups is 1. The van der Waals surface area contributed by atoms with Gasteiger partial charge in [0.1, 0.15) is 0 Å². The van der Waals surface area contributed by atoms with E-state index in [1.165, 1.54) is 11.8 Å². The number of nitrogens with zero attached hydrogens (tertiary/aromatic N) is 2. The van der Waals surface area contributed by atoms with Crippen LogP contribution in [-0.4, -0.2) is 28.6 Å². The molecule has 1 fully saturated rings. The summed E-state index contributed by atoms with van der Waals surface area (Å²) in [6.07, 6.45) is 2.76. The number of hydrogen-bond donors (Lipinski definition) is 0. The number of hydrogen-bond acceptors (Lipinski definition) is 5. The molecule has 0 saturated carbocycles. The third-order valence-corrected chi connectivity index (χ3v) is 5.44. The monoisotopic (exact) mass is 402 g/mol.